The lowest BCUT2D eigenvalue weighted by Gasteiger charge is -2.12. The van der Waals surface area contributed by atoms with Crippen molar-refractivity contribution in [2.75, 3.05) is 7.11 Å². The third-order valence-electron chi connectivity index (χ3n) is 3.32. The third kappa shape index (κ3) is 3.29. The van der Waals surface area contributed by atoms with Crippen LogP contribution in [0, 0.1) is 19.7 Å². The summed E-state index contributed by atoms with van der Waals surface area (Å²) < 4.78 is 18.8. The number of carbonyl (C=O) groups is 1. The van der Waals surface area contributed by atoms with Crippen molar-refractivity contribution in [2.24, 2.45) is 0 Å². The summed E-state index contributed by atoms with van der Waals surface area (Å²) in [5.41, 5.74) is 2.90. The van der Waals surface area contributed by atoms with Crippen LogP contribution in [-0.4, -0.2) is 17.9 Å². The molecular weight excluding hydrogens is 337 g/mol. The first kappa shape index (κ1) is 15.6. The fourth-order valence-electron chi connectivity index (χ4n) is 2.17. The van der Waals surface area contributed by atoms with Gasteiger partial charge in [-0.1, -0.05) is 0 Å². The maximum atomic E-state index is 13.2. The highest BCUT2D eigenvalue weighted by Crippen LogP contribution is 2.25. The highest BCUT2D eigenvalue weighted by molar-refractivity contribution is 9.10. The monoisotopic (exact) mass is 351 g/mol. The number of ether oxygens (including phenoxy) is 1. The second kappa shape index (κ2) is 6.35. The van der Waals surface area contributed by atoms with Crippen LogP contribution in [0.2, 0.25) is 0 Å². The highest BCUT2D eigenvalue weighted by atomic mass is 79.9. The molecule has 0 aliphatic carbocycles. The van der Waals surface area contributed by atoms with Crippen LogP contribution in [0.25, 0.3) is 0 Å². The minimum Gasteiger partial charge on any atom is -0.496 e. The summed E-state index contributed by atoms with van der Waals surface area (Å²) in [6.45, 7) is 3.78. The normalized spacial score (nSPS) is 10.5. The molecule has 3 nitrogen and oxygen atoms in total. The average Bonchev–Trinajstić information content (AvgIpc) is 2.45. The molecular formula is C16H15BrFNO2. The minimum atomic E-state index is -0.391. The summed E-state index contributed by atoms with van der Waals surface area (Å²) in [4.78, 5) is 16.6. The van der Waals surface area contributed by atoms with Crippen LogP contribution >= 0.6 is 15.9 Å². The summed E-state index contributed by atoms with van der Waals surface area (Å²) in [5, 5.41) is 0. The standard InChI is InChI=1S/C16H15BrFNO2/c1-9-8-19-14(10(2)16(9)21-3)7-15(20)11-4-5-13(18)12(17)6-11/h4-6,8H,7H2,1-3H3. The Morgan fingerprint density at radius 1 is 1.38 bits per heavy atom. The molecule has 1 aromatic carbocycles. The van der Waals surface area contributed by atoms with Crippen molar-refractivity contribution in [3.63, 3.8) is 0 Å². The number of hydrogen-bond acceptors (Lipinski definition) is 3. The van der Waals surface area contributed by atoms with Crippen molar-refractivity contribution in [2.45, 2.75) is 20.3 Å². The SMILES string of the molecule is COc1c(C)cnc(CC(=O)c2ccc(F)c(Br)c2)c1C. The molecule has 0 fully saturated rings. The maximum absolute atomic E-state index is 13.2. The molecule has 0 bridgehead atoms. The van der Waals surface area contributed by atoms with Gasteiger partial charge in [-0.05, 0) is 48.0 Å². The summed E-state index contributed by atoms with van der Waals surface area (Å²) in [5.74, 6) is 0.239. The van der Waals surface area contributed by atoms with Crippen LogP contribution in [-0.2, 0) is 6.42 Å². The van der Waals surface area contributed by atoms with Crippen molar-refractivity contribution >= 4 is 21.7 Å². The molecule has 0 saturated heterocycles. The molecule has 21 heavy (non-hydrogen) atoms. The summed E-state index contributed by atoms with van der Waals surface area (Å²) in [7, 11) is 1.60. The first-order valence-electron chi connectivity index (χ1n) is 6.41. The zero-order chi connectivity index (χ0) is 15.6. The smallest absolute Gasteiger partial charge is 0.168 e. The highest BCUT2D eigenvalue weighted by Gasteiger charge is 2.15. The molecule has 0 aliphatic heterocycles. The molecule has 0 amide bonds. The van der Waals surface area contributed by atoms with Crippen LogP contribution in [0.15, 0.2) is 28.9 Å². The Morgan fingerprint density at radius 2 is 2.10 bits per heavy atom. The number of ketones is 1. The number of nitrogens with zero attached hydrogens (tertiary/aromatic N) is 1. The van der Waals surface area contributed by atoms with Crippen LogP contribution in [0.1, 0.15) is 27.2 Å². The van der Waals surface area contributed by atoms with E-state index >= 15 is 0 Å². The van der Waals surface area contributed by atoms with E-state index in [1.165, 1.54) is 18.2 Å². The molecule has 0 spiro atoms. The number of pyridine rings is 1. The van der Waals surface area contributed by atoms with E-state index in [1.54, 1.807) is 13.3 Å². The van der Waals surface area contributed by atoms with Crippen LogP contribution in [0.4, 0.5) is 4.39 Å². The van der Waals surface area contributed by atoms with E-state index in [0.717, 1.165) is 16.9 Å². The second-order valence-electron chi connectivity index (χ2n) is 4.77. The lowest BCUT2D eigenvalue weighted by Crippen LogP contribution is -2.08. The zero-order valence-electron chi connectivity index (χ0n) is 12.0. The van der Waals surface area contributed by atoms with Crippen molar-refractivity contribution in [3.8, 4) is 5.75 Å². The summed E-state index contributed by atoms with van der Waals surface area (Å²) in [6, 6.07) is 4.23. The first-order chi connectivity index (χ1) is 9.93. The average molecular weight is 352 g/mol. The Morgan fingerprint density at radius 3 is 2.71 bits per heavy atom. The lowest BCUT2D eigenvalue weighted by molar-refractivity contribution is 0.0991. The molecule has 2 aromatic rings. The Labute approximate surface area is 131 Å². The molecule has 110 valence electrons. The van der Waals surface area contributed by atoms with Gasteiger partial charge in [-0.2, -0.15) is 0 Å². The largest absolute Gasteiger partial charge is 0.496 e. The lowest BCUT2D eigenvalue weighted by atomic mass is 10.0. The van der Waals surface area contributed by atoms with Gasteiger partial charge >= 0.3 is 0 Å². The van der Waals surface area contributed by atoms with Gasteiger partial charge in [-0.25, -0.2) is 4.39 Å². The van der Waals surface area contributed by atoms with Crippen molar-refractivity contribution in [3.05, 3.63) is 57.1 Å². The van der Waals surface area contributed by atoms with Crippen molar-refractivity contribution in [1.82, 2.24) is 4.98 Å². The van der Waals surface area contributed by atoms with Gasteiger partial charge in [0.1, 0.15) is 11.6 Å². The van der Waals surface area contributed by atoms with E-state index in [4.69, 9.17) is 4.74 Å². The second-order valence-corrected chi connectivity index (χ2v) is 5.63. The molecule has 0 N–H and O–H groups in total. The predicted octanol–water partition coefficient (Wildman–Crippen LogP) is 4.03. The van der Waals surface area contributed by atoms with Gasteiger partial charge in [0.25, 0.3) is 0 Å². The molecule has 2 rings (SSSR count). The van der Waals surface area contributed by atoms with Gasteiger partial charge in [-0.3, -0.25) is 9.78 Å². The van der Waals surface area contributed by atoms with E-state index in [0.29, 0.717) is 11.3 Å². The van der Waals surface area contributed by atoms with Crippen molar-refractivity contribution < 1.29 is 13.9 Å². The van der Waals surface area contributed by atoms with Gasteiger partial charge in [0.05, 0.1) is 23.7 Å². The van der Waals surface area contributed by atoms with Crippen LogP contribution < -0.4 is 4.74 Å². The van der Waals surface area contributed by atoms with E-state index in [-0.39, 0.29) is 16.7 Å². The molecule has 0 atom stereocenters. The molecule has 0 saturated carbocycles. The predicted molar refractivity (Wildman–Crippen MR) is 82.4 cm³/mol. The fourth-order valence-corrected chi connectivity index (χ4v) is 2.55. The number of rotatable bonds is 4. The Balaban J connectivity index is 2.29. The van der Waals surface area contributed by atoms with Gasteiger partial charge in [-0.15, -0.1) is 0 Å². The van der Waals surface area contributed by atoms with Gasteiger partial charge in [0.2, 0.25) is 0 Å². The van der Waals surface area contributed by atoms with E-state index < -0.39 is 5.82 Å². The topological polar surface area (TPSA) is 39.2 Å². The third-order valence-corrected chi connectivity index (χ3v) is 3.93. The quantitative estimate of drug-likeness (QED) is 0.780. The summed E-state index contributed by atoms with van der Waals surface area (Å²) in [6.07, 6.45) is 1.84. The van der Waals surface area contributed by atoms with Crippen molar-refractivity contribution in [1.29, 1.82) is 0 Å². The Kier molecular flexibility index (Phi) is 4.73. The number of hydrogen-bond donors (Lipinski definition) is 0. The number of benzene rings is 1. The number of Topliss-reactive ketones (excluding diaryl/α,β-unsaturated/α-hetero) is 1. The molecule has 0 radical (unpaired) electrons. The van der Waals surface area contributed by atoms with Gasteiger partial charge in [0.15, 0.2) is 5.78 Å². The van der Waals surface area contributed by atoms with Gasteiger partial charge < -0.3 is 4.74 Å². The summed E-state index contributed by atoms with van der Waals surface area (Å²) >= 11 is 3.08. The zero-order valence-corrected chi connectivity index (χ0v) is 13.6. The molecule has 5 heteroatoms. The van der Waals surface area contributed by atoms with Crippen LogP contribution in [0.5, 0.6) is 5.75 Å². The number of aromatic nitrogens is 1. The fraction of sp³-hybridized carbons (Fsp3) is 0.250. The van der Waals surface area contributed by atoms with Crippen LogP contribution in [0.3, 0.4) is 0 Å². The number of methoxy groups -OCH3 is 1. The molecule has 1 heterocycles. The Bertz CT molecular complexity index is 701. The number of halogens is 2. The van der Waals surface area contributed by atoms with E-state index in [1.807, 2.05) is 13.8 Å². The number of carbonyl (C=O) groups excluding carboxylic acids is 1. The van der Waals surface area contributed by atoms with E-state index in [2.05, 4.69) is 20.9 Å². The maximum Gasteiger partial charge on any atom is 0.168 e. The van der Waals surface area contributed by atoms with E-state index in [9.17, 15) is 9.18 Å². The molecule has 0 aliphatic rings. The molecule has 0 unspecified atom stereocenters. The first-order valence-corrected chi connectivity index (χ1v) is 7.20. The molecule has 1 aromatic heterocycles. The minimum absolute atomic E-state index is 0.114. The Hall–Kier alpha value is -1.75. The van der Waals surface area contributed by atoms with Gasteiger partial charge in [0, 0.05) is 22.9 Å². The number of aryl methyl sites for hydroxylation is 1.